The Hall–Kier alpha value is -2.47. The van der Waals surface area contributed by atoms with Gasteiger partial charge in [0.15, 0.2) is 0 Å². The second kappa shape index (κ2) is 15.2. The zero-order chi connectivity index (χ0) is 27.4. The van der Waals surface area contributed by atoms with Crippen LogP contribution >= 0.6 is 0 Å². The fraction of sp³-hybridized carbons (Fsp3) is 0.562. The van der Waals surface area contributed by atoms with E-state index in [4.69, 9.17) is 9.47 Å². The summed E-state index contributed by atoms with van der Waals surface area (Å²) in [6.45, 7) is 5.14. The van der Waals surface area contributed by atoms with Crippen LogP contribution in [0.4, 0.5) is 0 Å². The van der Waals surface area contributed by atoms with Gasteiger partial charge in [0.2, 0.25) is 0 Å². The molecule has 38 heavy (non-hydrogen) atoms. The largest absolute Gasteiger partial charge is 0.497 e. The number of ether oxygens (including phenoxy) is 2. The molecule has 0 saturated heterocycles. The van der Waals surface area contributed by atoms with Crippen LogP contribution in [0.15, 0.2) is 42.5 Å². The predicted molar refractivity (Wildman–Crippen MR) is 160 cm³/mol. The highest BCUT2D eigenvalue weighted by atomic mass is 32.2. The molecule has 0 N–H and O–H groups in total. The molecule has 0 amide bonds. The van der Waals surface area contributed by atoms with Crippen molar-refractivity contribution in [2.45, 2.75) is 91.0 Å². The van der Waals surface area contributed by atoms with Crippen LogP contribution in [0.3, 0.4) is 0 Å². The number of hydrogen-bond donors (Lipinski definition) is 0. The first kappa shape index (κ1) is 30.1. The monoisotopic (exact) mass is 541 g/mol. The van der Waals surface area contributed by atoms with Gasteiger partial charge in [0.1, 0.15) is 21.3 Å². The molecule has 0 radical (unpaired) electrons. The highest BCUT2D eigenvalue weighted by Gasteiger charge is 2.16. The lowest BCUT2D eigenvalue weighted by Gasteiger charge is -2.13. The van der Waals surface area contributed by atoms with Crippen molar-refractivity contribution in [1.29, 1.82) is 0 Å². The molecule has 210 valence electrons. The van der Waals surface area contributed by atoms with Crippen LogP contribution in [0.1, 0.15) is 83.1 Å². The van der Waals surface area contributed by atoms with E-state index in [0.717, 1.165) is 50.1 Å². The molecule has 0 saturated carbocycles. The first-order valence-corrected chi connectivity index (χ1v) is 16.2. The molecule has 3 aromatic rings. The van der Waals surface area contributed by atoms with Gasteiger partial charge in [-0.3, -0.25) is 0 Å². The van der Waals surface area contributed by atoms with E-state index in [1.807, 2.05) is 19.1 Å². The predicted octanol–water partition coefficient (Wildman–Crippen LogP) is 8.36. The topological polar surface area (TPSA) is 57.5 Å². The van der Waals surface area contributed by atoms with Gasteiger partial charge < -0.3 is 14.0 Å². The summed E-state index contributed by atoms with van der Waals surface area (Å²) in [5.74, 6) is 2.46. The molecule has 0 spiro atoms. The lowest BCUT2D eigenvalue weighted by Crippen LogP contribution is -2.10. The molecule has 0 aliphatic rings. The van der Waals surface area contributed by atoms with E-state index in [1.165, 1.54) is 66.2 Å². The Morgan fingerprint density at radius 2 is 1.26 bits per heavy atom. The molecule has 1 heterocycles. The zero-order valence-corrected chi connectivity index (χ0v) is 24.7. The number of aryl methyl sites for hydroxylation is 2. The minimum absolute atomic E-state index is 0.338. The van der Waals surface area contributed by atoms with E-state index in [9.17, 15) is 8.42 Å². The number of hydrogen-bond acceptors (Lipinski definition) is 4. The standard InChI is InChI=1S/C32H47NO4S/c1-5-23-38(34,35)24-15-13-11-9-7-6-8-10-12-14-22-33-31-21-20-29(37-4)25-30(31)26(2)32(33)27-16-18-28(36-3)19-17-27/h16-21,25H,5-15,22-24H2,1-4H3. The second-order valence-electron chi connectivity index (χ2n) is 10.4. The van der Waals surface area contributed by atoms with Gasteiger partial charge in [-0.25, -0.2) is 8.42 Å². The van der Waals surface area contributed by atoms with Crippen LogP contribution in [0, 0.1) is 6.92 Å². The van der Waals surface area contributed by atoms with E-state index in [2.05, 4.69) is 41.8 Å². The molecular formula is C32H47NO4S. The van der Waals surface area contributed by atoms with Crippen LogP contribution < -0.4 is 9.47 Å². The first-order chi connectivity index (χ1) is 18.4. The van der Waals surface area contributed by atoms with Crippen LogP contribution in [0.2, 0.25) is 0 Å². The third-order valence-corrected chi connectivity index (χ3v) is 9.43. The molecule has 0 atom stereocenters. The molecule has 0 aliphatic carbocycles. The highest BCUT2D eigenvalue weighted by Crippen LogP contribution is 2.36. The molecule has 3 rings (SSSR count). The Morgan fingerprint density at radius 3 is 1.84 bits per heavy atom. The maximum Gasteiger partial charge on any atom is 0.150 e. The maximum atomic E-state index is 11.8. The van der Waals surface area contributed by atoms with Crippen molar-refractivity contribution in [3.8, 4) is 22.8 Å². The number of methoxy groups -OCH3 is 2. The zero-order valence-electron chi connectivity index (χ0n) is 23.9. The lowest BCUT2D eigenvalue weighted by atomic mass is 10.1. The summed E-state index contributed by atoms with van der Waals surface area (Å²) in [6, 6.07) is 14.8. The third kappa shape index (κ3) is 8.52. The summed E-state index contributed by atoms with van der Waals surface area (Å²) >= 11 is 0. The van der Waals surface area contributed by atoms with E-state index in [-0.39, 0.29) is 0 Å². The van der Waals surface area contributed by atoms with E-state index in [0.29, 0.717) is 11.5 Å². The third-order valence-electron chi connectivity index (χ3n) is 7.49. The highest BCUT2D eigenvalue weighted by molar-refractivity contribution is 7.91. The van der Waals surface area contributed by atoms with Gasteiger partial charge in [-0.2, -0.15) is 0 Å². The molecule has 0 unspecified atom stereocenters. The first-order valence-electron chi connectivity index (χ1n) is 14.4. The molecule has 6 heteroatoms. The Morgan fingerprint density at radius 1 is 0.711 bits per heavy atom. The van der Waals surface area contributed by atoms with Crippen LogP contribution in [0.25, 0.3) is 22.2 Å². The summed E-state index contributed by atoms with van der Waals surface area (Å²) in [7, 11) is 0.613. The normalized spacial score (nSPS) is 11.8. The van der Waals surface area contributed by atoms with Crippen molar-refractivity contribution in [2.75, 3.05) is 25.7 Å². The number of unbranched alkanes of at least 4 members (excludes halogenated alkanes) is 9. The van der Waals surface area contributed by atoms with E-state index >= 15 is 0 Å². The molecule has 0 aliphatic heterocycles. The van der Waals surface area contributed by atoms with Crippen molar-refractivity contribution in [1.82, 2.24) is 4.57 Å². The van der Waals surface area contributed by atoms with Gasteiger partial charge in [-0.15, -0.1) is 0 Å². The number of sulfone groups is 1. The summed E-state index contributed by atoms with van der Waals surface area (Å²) in [5.41, 5.74) is 5.03. The van der Waals surface area contributed by atoms with Gasteiger partial charge in [-0.1, -0.05) is 58.3 Å². The molecule has 5 nitrogen and oxygen atoms in total. The van der Waals surface area contributed by atoms with E-state index < -0.39 is 9.84 Å². The number of fused-ring (bicyclic) bond motifs is 1. The van der Waals surface area contributed by atoms with Crippen LogP contribution in [0.5, 0.6) is 11.5 Å². The minimum atomic E-state index is -2.81. The average molecular weight is 542 g/mol. The van der Waals surface area contributed by atoms with E-state index in [1.54, 1.807) is 14.2 Å². The quantitative estimate of drug-likeness (QED) is 0.152. The number of rotatable bonds is 18. The second-order valence-corrected chi connectivity index (χ2v) is 12.7. The minimum Gasteiger partial charge on any atom is -0.497 e. The fourth-order valence-electron chi connectivity index (χ4n) is 5.40. The van der Waals surface area contributed by atoms with Gasteiger partial charge in [0, 0.05) is 23.2 Å². The maximum absolute atomic E-state index is 11.8. The van der Waals surface area contributed by atoms with Crippen LogP contribution in [-0.4, -0.2) is 38.7 Å². The molecule has 1 aromatic heterocycles. The summed E-state index contributed by atoms with van der Waals surface area (Å²) in [6.07, 6.45) is 12.4. The lowest BCUT2D eigenvalue weighted by molar-refractivity contribution is 0.415. The Kier molecular flexibility index (Phi) is 12.0. The van der Waals surface area contributed by atoms with Crippen molar-refractivity contribution in [3.05, 3.63) is 48.0 Å². The van der Waals surface area contributed by atoms with Gasteiger partial charge in [0.25, 0.3) is 0 Å². The number of nitrogens with zero attached hydrogens (tertiary/aromatic N) is 1. The van der Waals surface area contributed by atoms with Crippen molar-refractivity contribution in [3.63, 3.8) is 0 Å². The molecule has 0 bridgehead atoms. The molecular weight excluding hydrogens is 494 g/mol. The van der Waals surface area contributed by atoms with Crippen molar-refractivity contribution >= 4 is 20.7 Å². The summed E-state index contributed by atoms with van der Waals surface area (Å²) < 4.78 is 36.9. The Labute approximate surface area is 230 Å². The van der Waals surface area contributed by atoms with Crippen LogP contribution in [-0.2, 0) is 16.4 Å². The van der Waals surface area contributed by atoms with Crippen molar-refractivity contribution in [2.24, 2.45) is 0 Å². The number of aromatic nitrogens is 1. The molecule has 2 aromatic carbocycles. The van der Waals surface area contributed by atoms with Crippen molar-refractivity contribution < 1.29 is 17.9 Å². The van der Waals surface area contributed by atoms with Gasteiger partial charge in [0.05, 0.1) is 25.7 Å². The van der Waals surface area contributed by atoms with Gasteiger partial charge >= 0.3 is 0 Å². The SMILES string of the molecule is CCCS(=O)(=O)CCCCCCCCCCCCn1c(-c2ccc(OC)cc2)c(C)c2cc(OC)ccc21. The fourth-order valence-corrected chi connectivity index (χ4v) is 6.87. The molecule has 0 fully saturated rings. The smallest absolute Gasteiger partial charge is 0.150 e. The average Bonchev–Trinajstić information content (AvgIpc) is 3.19. The summed E-state index contributed by atoms with van der Waals surface area (Å²) in [4.78, 5) is 0. The number of benzene rings is 2. The summed E-state index contributed by atoms with van der Waals surface area (Å²) in [5, 5.41) is 1.25. The van der Waals surface area contributed by atoms with Gasteiger partial charge in [-0.05, 0) is 79.8 Å². The Balaban J connectivity index is 1.46. The Bertz CT molecular complexity index is 1230.